The molecule has 0 aliphatic heterocycles. The normalized spacial score (nSPS) is 10.2. The van der Waals surface area contributed by atoms with E-state index in [0.717, 1.165) is 11.8 Å². The highest BCUT2D eigenvalue weighted by atomic mass is 16.6. The lowest BCUT2D eigenvalue weighted by Crippen LogP contribution is -2.12. The minimum Gasteiger partial charge on any atom is -0.454 e. The Kier molecular flexibility index (Phi) is 5.78. The van der Waals surface area contributed by atoms with Gasteiger partial charge in [-0.05, 0) is 18.2 Å². The van der Waals surface area contributed by atoms with Crippen LogP contribution in [0.2, 0.25) is 0 Å². The summed E-state index contributed by atoms with van der Waals surface area (Å²) < 4.78 is 5.21. The molecule has 0 aliphatic rings. The summed E-state index contributed by atoms with van der Waals surface area (Å²) in [4.78, 5) is 34.9. The smallest absolute Gasteiger partial charge is 0.340 e. The third-order valence-electron chi connectivity index (χ3n) is 3.76. The van der Waals surface area contributed by atoms with E-state index in [-0.39, 0.29) is 35.6 Å². The Morgan fingerprint density at radius 3 is 2.62 bits per heavy atom. The molecule has 0 fully saturated rings. The second-order valence-corrected chi connectivity index (χ2v) is 5.74. The monoisotopic (exact) mass is 395 g/mol. The number of para-hydroxylation sites is 1. The number of nitro groups is 1. The molecule has 0 radical (unpaired) electrons. The van der Waals surface area contributed by atoms with Gasteiger partial charge in [-0.3, -0.25) is 10.1 Å². The number of nitro benzene ring substituents is 1. The summed E-state index contributed by atoms with van der Waals surface area (Å²) >= 11 is 0. The van der Waals surface area contributed by atoms with Crippen molar-refractivity contribution in [2.45, 2.75) is 6.61 Å². The Bertz CT molecular complexity index is 1040. The minimum absolute atomic E-state index is 0.0198. The van der Waals surface area contributed by atoms with Crippen LogP contribution in [0.4, 0.5) is 29.0 Å². The number of carbonyl (C=O) groups is 1. The van der Waals surface area contributed by atoms with Crippen LogP contribution in [-0.2, 0) is 11.3 Å². The van der Waals surface area contributed by atoms with Gasteiger partial charge in [-0.1, -0.05) is 18.2 Å². The Labute approximate surface area is 165 Å². The summed E-state index contributed by atoms with van der Waals surface area (Å²) in [6.07, 6.45) is 0. The molecule has 11 nitrogen and oxygen atoms in total. The fourth-order valence-corrected chi connectivity index (χ4v) is 2.45. The Morgan fingerprint density at radius 2 is 1.93 bits per heavy atom. The van der Waals surface area contributed by atoms with E-state index in [2.05, 4.69) is 25.6 Å². The van der Waals surface area contributed by atoms with Gasteiger partial charge in [0.2, 0.25) is 11.9 Å². The van der Waals surface area contributed by atoms with Gasteiger partial charge in [0.05, 0.1) is 10.5 Å². The maximum Gasteiger partial charge on any atom is 0.340 e. The topological polar surface area (TPSA) is 158 Å². The number of anilines is 4. The molecule has 148 valence electrons. The molecule has 4 N–H and O–H groups in total. The van der Waals surface area contributed by atoms with E-state index in [9.17, 15) is 14.9 Å². The third kappa shape index (κ3) is 4.91. The SMILES string of the molecule is CNc1ccc([N+](=O)[O-])cc1C(=O)OCc1nc(N)nc(Nc2ccccc2)n1. The predicted octanol–water partition coefficient (Wildman–Crippen LogP) is 2.50. The maximum atomic E-state index is 12.4. The van der Waals surface area contributed by atoms with Crippen LogP contribution in [0.5, 0.6) is 0 Å². The average Bonchev–Trinajstić information content (AvgIpc) is 2.71. The standard InChI is InChI=1S/C18H17N7O4/c1-20-14-8-7-12(25(27)28)9-13(14)16(26)29-10-15-22-17(19)24-18(23-15)21-11-5-3-2-4-6-11/h2-9,20H,10H2,1H3,(H3,19,21,22,23,24). The largest absolute Gasteiger partial charge is 0.454 e. The number of hydrogen-bond acceptors (Lipinski definition) is 10. The summed E-state index contributed by atoms with van der Waals surface area (Å²) in [7, 11) is 1.59. The van der Waals surface area contributed by atoms with Crippen molar-refractivity contribution in [2.75, 3.05) is 23.4 Å². The van der Waals surface area contributed by atoms with E-state index in [1.54, 1.807) is 7.05 Å². The first-order valence-corrected chi connectivity index (χ1v) is 8.42. The van der Waals surface area contributed by atoms with Crippen LogP contribution in [0.25, 0.3) is 0 Å². The van der Waals surface area contributed by atoms with Crippen LogP contribution < -0.4 is 16.4 Å². The van der Waals surface area contributed by atoms with E-state index in [1.165, 1.54) is 12.1 Å². The second-order valence-electron chi connectivity index (χ2n) is 5.74. The van der Waals surface area contributed by atoms with Gasteiger partial charge in [-0.15, -0.1) is 0 Å². The molecule has 11 heteroatoms. The van der Waals surface area contributed by atoms with Crippen molar-refractivity contribution >= 4 is 34.9 Å². The van der Waals surface area contributed by atoms with Gasteiger partial charge in [0, 0.05) is 30.6 Å². The molecule has 0 bridgehead atoms. The molecule has 3 aromatic rings. The Balaban J connectivity index is 1.75. The van der Waals surface area contributed by atoms with Gasteiger partial charge in [0.15, 0.2) is 12.4 Å². The molecule has 1 heterocycles. The van der Waals surface area contributed by atoms with Crippen LogP contribution in [0.1, 0.15) is 16.2 Å². The number of rotatable bonds is 7. The maximum absolute atomic E-state index is 12.4. The molecule has 2 aromatic carbocycles. The lowest BCUT2D eigenvalue weighted by Gasteiger charge is -2.10. The molecular formula is C18H17N7O4. The van der Waals surface area contributed by atoms with Crippen LogP contribution in [0, 0.1) is 10.1 Å². The number of nitrogens with zero attached hydrogens (tertiary/aromatic N) is 4. The van der Waals surface area contributed by atoms with Crippen LogP contribution in [0.15, 0.2) is 48.5 Å². The molecule has 0 atom stereocenters. The number of aromatic nitrogens is 3. The Morgan fingerprint density at radius 1 is 1.17 bits per heavy atom. The van der Waals surface area contributed by atoms with Gasteiger partial charge in [0.25, 0.3) is 5.69 Å². The van der Waals surface area contributed by atoms with Gasteiger partial charge in [-0.2, -0.15) is 15.0 Å². The number of hydrogen-bond donors (Lipinski definition) is 3. The molecule has 0 amide bonds. The van der Waals surface area contributed by atoms with Gasteiger partial charge >= 0.3 is 5.97 Å². The Hall–Kier alpha value is -4.28. The van der Waals surface area contributed by atoms with E-state index >= 15 is 0 Å². The van der Waals surface area contributed by atoms with Crippen molar-refractivity contribution < 1.29 is 14.5 Å². The van der Waals surface area contributed by atoms with Crippen LogP contribution in [0.3, 0.4) is 0 Å². The zero-order valence-corrected chi connectivity index (χ0v) is 15.3. The number of nitrogen functional groups attached to an aromatic ring is 1. The van der Waals surface area contributed by atoms with Crippen molar-refractivity contribution in [3.05, 3.63) is 70.0 Å². The highest BCUT2D eigenvalue weighted by Crippen LogP contribution is 2.23. The summed E-state index contributed by atoms with van der Waals surface area (Å²) in [6.45, 7) is -0.291. The summed E-state index contributed by atoms with van der Waals surface area (Å²) in [6, 6.07) is 13.0. The van der Waals surface area contributed by atoms with Crippen molar-refractivity contribution in [3.63, 3.8) is 0 Å². The number of carbonyl (C=O) groups excluding carboxylic acids is 1. The number of benzene rings is 2. The molecule has 29 heavy (non-hydrogen) atoms. The molecule has 0 spiro atoms. The summed E-state index contributed by atoms with van der Waals surface area (Å²) in [5.74, 6) is -0.493. The van der Waals surface area contributed by atoms with Crippen molar-refractivity contribution in [3.8, 4) is 0 Å². The molecule has 0 saturated carbocycles. The molecular weight excluding hydrogens is 378 g/mol. The minimum atomic E-state index is -0.769. The molecule has 0 aliphatic carbocycles. The first-order valence-electron chi connectivity index (χ1n) is 8.42. The van der Waals surface area contributed by atoms with Crippen molar-refractivity contribution in [1.82, 2.24) is 15.0 Å². The average molecular weight is 395 g/mol. The number of ether oxygens (including phenoxy) is 1. The lowest BCUT2D eigenvalue weighted by atomic mass is 10.1. The third-order valence-corrected chi connectivity index (χ3v) is 3.76. The van der Waals surface area contributed by atoms with Crippen molar-refractivity contribution in [2.24, 2.45) is 0 Å². The van der Waals surface area contributed by atoms with Crippen molar-refractivity contribution in [1.29, 1.82) is 0 Å². The predicted molar refractivity (Wildman–Crippen MR) is 106 cm³/mol. The van der Waals surface area contributed by atoms with Gasteiger partial charge in [0.1, 0.15) is 0 Å². The second kappa shape index (κ2) is 8.61. The van der Waals surface area contributed by atoms with Crippen LogP contribution >= 0.6 is 0 Å². The molecule has 1 aromatic heterocycles. The molecule has 0 saturated heterocycles. The fraction of sp³-hybridized carbons (Fsp3) is 0.111. The lowest BCUT2D eigenvalue weighted by molar-refractivity contribution is -0.384. The number of non-ortho nitro benzene ring substituents is 1. The number of esters is 1. The first-order chi connectivity index (χ1) is 14.0. The highest BCUT2D eigenvalue weighted by molar-refractivity contribution is 5.96. The zero-order valence-electron chi connectivity index (χ0n) is 15.3. The number of nitrogens with one attached hydrogen (secondary N) is 2. The van der Waals surface area contributed by atoms with E-state index < -0.39 is 10.9 Å². The number of nitrogens with two attached hydrogens (primary N) is 1. The first kappa shape index (κ1) is 19.5. The zero-order chi connectivity index (χ0) is 20.8. The van der Waals surface area contributed by atoms with Crippen LogP contribution in [-0.4, -0.2) is 32.9 Å². The van der Waals surface area contributed by atoms with E-state index in [0.29, 0.717) is 5.69 Å². The van der Waals surface area contributed by atoms with E-state index in [4.69, 9.17) is 10.5 Å². The quantitative estimate of drug-likeness (QED) is 0.308. The molecule has 0 unspecified atom stereocenters. The fourth-order valence-electron chi connectivity index (χ4n) is 2.45. The van der Waals surface area contributed by atoms with Gasteiger partial charge < -0.3 is 21.1 Å². The molecule has 3 rings (SSSR count). The highest BCUT2D eigenvalue weighted by Gasteiger charge is 2.18. The summed E-state index contributed by atoms with van der Waals surface area (Å²) in [5.41, 5.74) is 6.63. The summed E-state index contributed by atoms with van der Waals surface area (Å²) in [5, 5.41) is 16.7. The van der Waals surface area contributed by atoms with E-state index in [1.807, 2.05) is 30.3 Å². The van der Waals surface area contributed by atoms with Gasteiger partial charge in [-0.25, -0.2) is 4.79 Å².